The van der Waals surface area contributed by atoms with Gasteiger partial charge in [-0.05, 0) is 38.0 Å². The summed E-state index contributed by atoms with van der Waals surface area (Å²) in [5, 5.41) is 5.75. The van der Waals surface area contributed by atoms with Gasteiger partial charge >= 0.3 is 6.03 Å². The van der Waals surface area contributed by atoms with Gasteiger partial charge in [0.25, 0.3) is 5.91 Å². The highest BCUT2D eigenvalue weighted by atomic mass is 32.1. The average molecular weight is 433 g/mol. The Balaban J connectivity index is 1.57. The van der Waals surface area contributed by atoms with Crippen molar-refractivity contribution < 1.29 is 23.9 Å². The van der Waals surface area contributed by atoms with Crippen molar-refractivity contribution >= 4 is 34.3 Å². The molecule has 2 N–H and O–H groups in total. The van der Waals surface area contributed by atoms with Crippen molar-refractivity contribution in [3.05, 3.63) is 34.3 Å². The fourth-order valence-corrected chi connectivity index (χ4v) is 3.92. The van der Waals surface area contributed by atoms with E-state index in [0.717, 1.165) is 21.0 Å². The van der Waals surface area contributed by atoms with Gasteiger partial charge in [0.2, 0.25) is 5.91 Å². The second kappa shape index (κ2) is 9.12. The highest BCUT2D eigenvalue weighted by Gasteiger charge is 2.38. The van der Waals surface area contributed by atoms with Gasteiger partial charge in [-0.3, -0.25) is 14.5 Å². The van der Waals surface area contributed by atoms with E-state index in [2.05, 4.69) is 15.6 Å². The van der Waals surface area contributed by atoms with Crippen molar-refractivity contribution in [2.75, 3.05) is 26.1 Å². The number of aromatic nitrogens is 1. The maximum Gasteiger partial charge on any atom is 0.324 e. The van der Waals surface area contributed by atoms with Crippen LogP contribution in [0.15, 0.2) is 18.2 Å². The summed E-state index contributed by atoms with van der Waals surface area (Å²) >= 11 is 1.37. The maximum atomic E-state index is 12.6. The number of aryl methyl sites for hydroxylation is 2. The Kier molecular flexibility index (Phi) is 6.56. The number of benzene rings is 1. The van der Waals surface area contributed by atoms with E-state index in [1.54, 1.807) is 26.4 Å². The van der Waals surface area contributed by atoms with Gasteiger partial charge in [-0.15, -0.1) is 11.3 Å². The third-order valence-corrected chi connectivity index (χ3v) is 5.83. The predicted octanol–water partition coefficient (Wildman–Crippen LogP) is 2.27. The number of rotatable bonds is 8. The van der Waals surface area contributed by atoms with Crippen LogP contribution in [0.5, 0.6) is 11.5 Å². The molecule has 0 radical (unpaired) electrons. The molecule has 1 aromatic heterocycles. The minimum Gasteiger partial charge on any atom is -0.493 e. The molecule has 0 bridgehead atoms. The lowest BCUT2D eigenvalue weighted by Gasteiger charge is -2.14. The van der Waals surface area contributed by atoms with Gasteiger partial charge in [-0.1, -0.05) is 6.07 Å². The van der Waals surface area contributed by atoms with E-state index in [4.69, 9.17) is 9.47 Å². The third-order valence-electron chi connectivity index (χ3n) is 4.84. The molecule has 1 aliphatic heterocycles. The molecule has 1 unspecified atom stereocenters. The minimum absolute atomic E-state index is 0.144. The highest BCUT2D eigenvalue weighted by molar-refractivity contribution is 7.15. The second-order valence-corrected chi connectivity index (χ2v) is 8.05. The summed E-state index contributed by atoms with van der Waals surface area (Å²) in [6, 6.07) is 4.04. The Morgan fingerprint density at radius 1 is 1.23 bits per heavy atom. The second-order valence-electron chi connectivity index (χ2n) is 6.84. The van der Waals surface area contributed by atoms with Gasteiger partial charge in [-0.25, -0.2) is 9.78 Å². The van der Waals surface area contributed by atoms with Crippen molar-refractivity contribution in [2.45, 2.75) is 32.7 Å². The van der Waals surface area contributed by atoms with Crippen molar-refractivity contribution in [3.63, 3.8) is 0 Å². The number of imide groups is 1. The molecule has 2 heterocycles. The molecule has 1 aromatic carbocycles. The van der Waals surface area contributed by atoms with Crippen molar-refractivity contribution in [3.8, 4) is 11.5 Å². The smallest absolute Gasteiger partial charge is 0.324 e. The van der Waals surface area contributed by atoms with Crippen molar-refractivity contribution in [1.29, 1.82) is 0 Å². The molecule has 2 aromatic rings. The molecule has 10 heteroatoms. The number of thiazole rings is 1. The molecule has 0 aliphatic carbocycles. The van der Waals surface area contributed by atoms with Crippen LogP contribution in [0, 0.1) is 13.8 Å². The van der Waals surface area contributed by atoms with E-state index >= 15 is 0 Å². The molecular formula is C20H24N4O5S. The molecular weight excluding hydrogens is 408 g/mol. The topological polar surface area (TPSA) is 110 Å². The summed E-state index contributed by atoms with van der Waals surface area (Å²) in [6.45, 7) is 3.97. The number of carbonyl (C=O) groups excluding carboxylic acids is 3. The van der Waals surface area contributed by atoms with Crippen LogP contribution in [0.1, 0.15) is 22.6 Å². The highest BCUT2D eigenvalue weighted by Crippen LogP contribution is 2.28. The van der Waals surface area contributed by atoms with Gasteiger partial charge in [0, 0.05) is 11.4 Å². The average Bonchev–Trinajstić information content (AvgIpc) is 3.16. The SMILES string of the molecule is COc1ccc(CCN2C(=O)NC(CC(=O)Nc3nc(C)c(C)s3)C2=O)cc1OC. The van der Waals surface area contributed by atoms with Gasteiger partial charge in [-0.2, -0.15) is 0 Å². The third kappa shape index (κ3) is 4.70. The Hall–Kier alpha value is -3.14. The molecule has 1 fully saturated rings. The summed E-state index contributed by atoms with van der Waals surface area (Å²) in [6.07, 6.45) is 0.311. The van der Waals surface area contributed by atoms with Gasteiger partial charge in [0.15, 0.2) is 16.6 Å². The van der Waals surface area contributed by atoms with Gasteiger partial charge in [0.05, 0.1) is 26.3 Å². The number of nitrogens with zero attached hydrogens (tertiary/aromatic N) is 2. The monoisotopic (exact) mass is 432 g/mol. The first-order valence-electron chi connectivity index (χ1n) is 9.39. The molecule has 1 saturated heterocycles. The number of hydrogen-bond donors (Lipinski definition) is 2. The fourth-order valence-electron chi connectivity index (χ4n) is 3.09. The molecule has 3 rings (SSSR count). The standard InChI is InChI=1S/C20H24N4O5S/c1-11-12(2)30-19(21-11)23-17(25)10-14-18(26)24(20(27)22-14)8-7-13-5-6-15(28-3)16(9-13)29-4/h5-6,9,14H,7-8,10H2,1-4H3,(H,22,27)(H,21,23,25). The molecule has 1 aliphatic rings. The van der Waals surface area contributed by atoms with E-state index in [1.165, 1.54) is 11.3 Å². The summed E-state index contributed by atoms with van der Waals surface area (Å²) < 4.78 is 10.5. The quantitative estimate of drug-likeness (QED) is 0.620. The Bertz CT molecular complexity index is 955. The van der Waals surface area contributed by atoms with Gasteiger partial charge in [0.1, 0.15) is 6.04 Å². The van der Waals surface area contributed by atoms with Crippen LogP contribution >= 0.6 is 11.3 Å². The van der Waals surface area contributed by atoms with Gasteiger partial charge < -0.3 is 20.1 Å². The molecule has 160 valence electrons. The zero-order chi connectivity index (χ0) is 21.8. The number of amides is 4. The lowest BCUT2D eigenvalue weighted by molar-refractivity contribution is -0.129. The maximum absolute atomic E-state index is 12.6. The zero-order valence-corrected chi connectivity index (χ0v) is 18.1. The number of ether oxygens (including phenoxy) is 2. The number of anilines is 1. The van der Waals surface area contributed by atoms with E-state index in [9.17, 15) is 14.4 Å². The lowest BCUT2D eigenvalue weighted by atomic mass is 10.1. The number of methoxy groups -OCH3 is 2. The van der Waals surface area contributed by atoms with Crippen LogP contribution in [-0.4, -0.2) is 54.5 Å². The van der Waals surface area contributed by atoms with E-state index in [-0.39, 0.29) is 18.9 Å². The van der Waals surface area contributed by atoms with E-state index in [0.29, 0.717) is 23.1 Å². The Labute approximate surface area is 178 Å². The first-order chi connectivity index (χ1) is 14.3. The normalized spacial score (nSPS) is 15.9. The lowest BCUT2D eigenvalue weighted by Crippen LogP contribution is -2.34. The van der Waals surface area contributed by atoms with Crippen LogP contribution < -0.4 is 20.1 Å². The molecule has 1 atom stereocenters. The number of nitrogens with one attached hydrogen (secondary N) is 2. The van der Waals surface area contributed by atoms with Crippen molar-refractivity contribution in [2.24, 2.45) is 0 Å². The van der Waals surface area contributed by atoms with Crippen LogP contribution in [0.2, 0.25) is 0 Å². The summed E-state index contributed by atoms with van der Waals surface area (Å²) in [4.78, 5) is 43.5. The van der Waals surface area contributed by atoms with Crippen LogP contribution in [0.4, 0.5) is 9.93 Å². The Morgan fingerprint density at radius 3 is 2.60 bits per heavy atom. The first-order valence-corrected chi connectivity index (χ1v) is 10.2. The molecule has 4 amide bonds. The fraction of sp³-hybridized carbons (Fsp3) is 0.400. The number of urea groups is 1. The van der Waals surface area contributed by atoms with Crippen LogP contribution in [0.3, 0.4) is 0 Å². The Morgan fingerprint density at radius 2 is 1.97 bits per heavy atom. The van der Waals surface area contributed by atoms with Crippen LogP contribution in [-0.2, 0) is 16.0 Å². The zero-order valence-electron chi connectivity index (χ0n) is 17.3. The molecule has 0 saturated carbocycles. The first kappa shape index (κ1) is 21.6. The molecule has 30 heavy (non-hydrogen) atoms. The predicted molar refractivity (Wildman–Crippen MR) is 112 cm³/mol. The summed E-state index contributed by atoms with van der Waals surface area (Å²) in [7, 11) is 3.10. The van der Waals surface area contributed by atoms with Crippen molar-refractivity contribution in [1.82, 2.24) is 15.2 Å². The minimum atomic E-state index is -0.884. The van der Waals surface area contributed by atoms with Crippen LogP contribution in [0.25, 0.3) is 0 Å². The largest absolute Gasteiger partial charge is 0.493 e. The summed E-state index contributed by atoms with van der Waals surface area (Å²) in [5.41, 5.74) is 1.74. The van der Waals surface area contributed by atoms with E-state index in [1.807, 2.05) is 19.9 Å². The molecule has 0 spiro atoms. The number of hydrogen-bond acceptors (Lipinski definition) is 7. The summed E-state index contributed by atoms with van der Waals surface area (Å²) in [5.74, 6) is 0.397. The van der Waals surface area contributed by atoms with E-state index < -0.39 is 18.0 Å². The number of carbonyl (C=O) groups is 3. The molecule has 9 nitrogen and oxygen atoms in total.